The van der Waals surface area contributed by atoms with Gasteiger partial charge in [-0.25, -0.2) is 0 Å². The highest BCUT2D eigenvalue weighted by molar-refractivity contribution is 6.05. The molecule has 0 aliphatic carbocycles. The molecule has 1 fully saturated rings. The number of aryl methyl sites for hydroxylation is 1. The zero-order valence-electron chi connectivity index (χ0n) is 16.8. The van der Waals surface area contributed by atoms with Gasteiger partial charge in [-0.05, 0) is 55.0 Å². The van der Waals surface area contributed by atoms with Gasteiger partial charge >= 0.3 is 0 Å². The van der Waals surface area contributed by atoms with Gasteiger partial charge in [-0.15, -0.1) is 12.4 Å². The molecule has 3 N–H and O–H groups in total. The van der Waals surface area contributed by atoms with Crippen molar-refractivity contribution in [1.29, 1.82) is 0 Å². The third kappa shape index (κ3) is 5.17. The molecule has 1 saturated heterocycles. The van der Waals surface area contributed by atoms with Crippen LogP contribution in [0.5, 0.6) is 0 Å². The van der Waals surface area contributed by atoms with Gasteiger partial charge in [-0.1, -0.05) is 19.9 Å². The molecule has 1 aliphatic heterocycles. The lowest BCUT2D eigenvalue weighted by atomic mass is 9.91. The average Bonchev–Trinajstić information content (AvgIpc) is 2.63. The van der Waals surface area contributed by atoms with Gasteiger partial charge in [0, 0.05) is 36.1 Å². The summed E-state index contributed by atoms with van der Waals surface area (Å²) in [5.41, 5.74) is 8.55. The Morgan fingerprint density at radius 2 is 1.83 bits per heavy atom. The first-order valence-corrected chi connectivity index (χ1v) is 9.45. The SMILES string of the molecule is Cc1ccc(N)cc1NC(=O)c1ccc(N2CC(C)CC(C)C2)c([N+](=O)[O-])c1.Cl. The molecule has 156 valence electrons. The van der Waals surface area contributed by atoms with Gasteiger partial charge in [-0.2, -0.15) is 0 Å². The van der Waals surface area contributed by atoms with Crippen LogP contribution in [0.1, 0.15) is 36.2 Å². The predicted octanol–water partition coefficient (Wildman–Crippen LogP) is 4.64. The fourth-order valence-corrected chi connectivity index (χ4v) is 3.91. The number of carbonyl (C=O) groups excluding carboxylic acids is 1. The van der Waals surface area contributed by atoms with Crippen LogP contribution >= 0.6 is 12.4 Å². The van der Waals surface area contributed by atoms with E-state index in [4.69, 9.17) is 5.73 Å². The molecule has 1 heterocycles. The van der Waals surface area contributed by atoms with Gasteiger partial charge in [0.1, 0.15) is 5.69 Å². The molecule has 0 saturated carbocycles. The maximum atomic E-state index is 12.7. The number of piperidine rings is 1. The summed E-state index contributed by atoms with van der Waals surface area (Å²) in [5, 5.41) is 14.5. The number of hydrogen-bond donors (Lipinski definition) is 2. The molecule has 29 heavy (non-hydrogen) atoms. The van der Waals surface area contributed by atoms with Crippen LogP contribution in [0.2, 0.25) is 0 Å². The van der Waals surface area contributed by atoms with E-state index in [-0.39, 0.29) is 23.7 Å². The second-order valence-corrected chi connectivity index (χ2v) is 7.84. The molecule has 2 aromatic rings. The predicted molar refractivity (Wildman–Crippen MR) is 119 cm³/mol. The van der Waals surface area contributed by atoms with E-state index in [1.54, 1.807) is 24.3 Å². The number of amides is 1. The Bertz CT molecular complexity index is 909. The first kappa shape index (κ1) is 22.5. The van der Waals surface area contributed by atoms with E-state index in [9.17, 15) is 14.9 Å². The normalized spacial score (nSPS) is 18.7. The van der Waals surface area contributed by atoms with Crippen LogP contribution in [0.3, 0.4) is 0 Å². The number of nitrogens with zero attached hydrogens (tertiary/aromatic N) is 2. The molecule has 0 spiro atoms. The first-order chi connectivity index (χ1) is 13.2. The van der Waals surface area contributed by atoms with Gasteiger partial charge < -0.3 is 16.0 Å². The summed E-state index contributed by atoms with van der Waals surface area (Å²) in [4.78, 5) is 26.0. The van der Waals surface area contributed by atoms with Crippen molar-refractivity contribution in [3.63, 3.8) is 0 Å². The Morgan fingerprint density at radius 3 is 2.45 bits per heavy atom. The van der Waals surface area contributed by atoms with Gasteiger partial charge in [0.05, 0.1) is 4.92 Å². The maximum Gasteiger partial charge on any atom is 0.293 e. The van der Waals surface area contributed by atoms with Crippen molar-refractivity contribution < 1.29 is 9.72 Å². The van der Waals surface area contributed by atoms with Crippen molar-refractivity contribution in [3.8, 4) is 0 Å². The highest BCUT2D eigenvalue weighted by Gasteiger charge is 2.28. The minimum Gasteiger partial charge on any atom is -0.399 e. The number of halogens is 1. The van der Waals surface area contributed by atoms with E-state index in [1.807, 2.05) is 13.0 Å². The number of nitrogens with two attached hydrogens (primary N) is 1. The number of hydrogen-bond acceptors (Lipinski definition) is 5. The number of carbonyl (C=O) groups is 1. The summed E-state index contributed by atoms with van der Waals surface area (Å²) in [6.45, 7) is 7.73. The number of rotatable bonds is 4. The van der Waals surface area contributed by atoms with Gasteiger partial charge in [-0.3, -0.25) is 14.9 Å². The third-order valence-corrected chi connectivity index (χ3v) is 5.15. The van der Waals surface area contributed by atoms with Crippen molar-refractivity contribution in [2.24, 2.45) is 11.8 Å². The Kier molecular flexibility index (Phi) is 7.08. The molecule has 1 aliphatic rings. The van der Waals surface area contributed by atoms with Gasteiger partial charge in [0.15, 0.2) is 0 Å². The zero-order valence-corrected chi connectivity index (χ0v) is 17.7. The number of nitrogens with one attached hydrogen (secondary N) is 1. The molecule has 8 heteroatoms. The highest BCUT2D eigenvalue weighted by atomic mass is 35.5. The Hall–Kier alpha value is -2.80. The molecule has 0 aromatic heterocycles. The van der Waals surface area contributed by atoms with Crippen LogP contribution in [-0.4, -0.2) is 23.9 Å². The summed E-state index contributed by atoms with van der Waals surface area (Å²) in [6.07, 6.45) is 1.12. The molecule has 0 radical (unpaired) electrons. The summed E-state index contributed by atoms with van der Waals surface area (Å²) in [7, 11) is 0. The Labute approximate surface area is 176 Å². The Morgan fingerprint density at radius 1 is 1.17 bits per heavy atom. The van der Waals surface area contributed by atoms with Gasteiger partial charge in [0.2, 0.25) is 0 Å². The van der Waals surface area contributed by atoms with E-state index in [2.05, 4.69) is 24.1 Å². The third-order valence-electron chi connectivity index (χ3n) is 5.15. The van der Waals surface area contributed by atoms with Crippen LogP contribution in [0.4, 0.5) is 22.7 Å². The second-order valence-electron chi connectivity index (χ2n) is 7.84. The number of nitro groups is 1. The lowest BCUT2D eigenvalue weighted by molar-refractivity contribution is -0.384. The Balaban J connectivity index is 0.00000300. The molecule has 3 rings (SSSR count). The lowest BCUT2D eigenvalue weighted by Crippen LogP contribution is -2.39. The van der Waals surface area contributed by atoms with E-state index in [0.717, 1.165) is 25.1 Å². The quantitative estimate of drug-likeness (QED) is 0.427. The molecule has 1 amide bonds. The van der Waals surface area contributed by atoms with Crippen LogP contribution in [-0.2, 0) is 0 Å². The smallest absolute Gasteiger partial charge is 0.293 e. The van der Waals surface area contributed by atoms with Crippen molar-refractivity contribution >= 4 is 41.1 Å². The van der Waals surface area contributed by atoms with E-state index >= 15 is 0 Å². The van der Waals surface area contributed by atoms with Crippen LogP contribution in [0.15, 0.2) is 36.4 Å². The van der Waals surface area contributed by atoms with E-state index in [0.29, 0.717) is 28.9 Å². The lowest BCUT2D eigenvalue weighted by Gasteiger charge is -2.36. The van der Waals surface area contributed by atoms with Crippen molar-refractivity contribution in [1.82, 2.24) is 0 Å². The molecular weight excluding hydrogens is 392 g/mol. The fourth-order valence-electron chi connectivity index (χ4n) is 3.91. The topological polar surface area (TPSA) is 102 Å². The van der Waals surface area contributed by atoms with Crippen molar-refractivity contribution in [3.05, 3.63) is 57.6 Å². The van der Waals surface area contributed by atoms with Gasteiger partial charge in [0.25, 0.3) is 11.6 Å². The standard InChI is InChI=1S/C21H26N4O3.ClH/c1-13-8-14(2)12-24(11-13)19-7-5-16(9-20(19)25(27)28)21(26)23-18-10-17(22)6-4-15(18)3;/h4-7,9-10,13-14H,8,11-12,22H2,1-3H3,(H,23,26);1H. The minimum absolute atomic E-state index is 0. The molecule has 2 aromatic carbocycles. The van der Waals surface area contributed by atoms with E-state index < -0.39 is 10.8 Å². The number of nitro benzene ring substituents is 1. The molecule has 7 nitrogen and oxygen atoms in total. The summed E-state index contributed by atoms with van der Waals surface area (Å²) >= 11 is 0. The summed E-state index contributed by atoms with van der Waals surface area (Å²) < 4.78 is 0. The van der Waals surface area contributed by atoms with Crippen LogP contribution in [0, 0.1) is 28.9 Å². The fraction of sp³-hybridized carbons (Fsp3) is 0.381. The number of nitrogen functional groups attached to an aromatic ring is 1. The molecule has 2 atom stereocenters. The average molecular weight is 419 g/mol. The largest absolute Gasteiger partial charge is 0.399 e. The molecule has 0 bridgehead atoms. The number of anilines is 3. The van der Waals surface area contributed by atoms with Crippen molar-refractivity contribution in [2.75, 3.05) is 29.0 Å². The number of benzene rings is 2. The zero-order chi connectivity index (χ0) is 20.4. The highest BCUT2D eigenvalue weighted by Crippen LogP contribution is 2.34. The second kappa shape index (κ2) is 9.13. The van der Waals surface area contributed by atoms with E-state index in [1.165, 1.54) is 6.07 Å². The minimum atomic E-state index is -0.415. The van der Waals surface area contributed by atoms with Crippen molar-refractivity contribution in [2.45, 2.75) is 27.2 Å². The summed E-state index contributed by atoms with van der Waals surface area (Å²) in [5.74, 6) is 0.541. The first-order valence-electron chi connectivity index (χ1n) is 9.45. The summed E-state index contributed by atoms with van der Waals surface area (Å²) in [6, 6.07) is 9.93. The van der Waals surface area contributed by atoms with Crippen LogP contribution in [0.25, 0.3) is 0 Å². The van der Waals surface area contributed by atoms with Crippen LogP contribution < -0.4 is 16.0 Å². The molecule has 2 unspecified atom stereocenters. The monoisotopic (exact) mass is 418 g/mol. The molecular formula is C21H27ClN4O3. The maximum absolute atomic E-state index is 12.7.